The van der Waals surface area contributed by atoms with Gasteiger partial charge in [-0.3, -0.25) is 9.59 Å². The normalized spacial score (nSPS) is 25.2. The van der Waals surface area contributed by atoms with Crippen LogP contribution in [0.2, 0.25) is 0 Å². The second-order valence-corrected chi connectivity index (χ2v) is 5.60. The van der Waals surface area contributed by atoms with Crippen LogP contribution in [0.5, 0.6) is 0 Å². The molecule has 0 aromatic carbocycles. The van der Waals surface area contributed by atoms with Gasteiger partial charge in [-0.25, -0.2) is 0 Å². The third-order valence-electron chi connectivity index (χ3n) is 4.24. The number of halogens is 1. The zero-order valence-electron chi connectivity index (χ0n) is 11.1. The molecule has 1 saturated carbocycles. The van der Waals surface area contributed by atoms with E-state index in [1.165, 1.54) is 0 Å². The molecule has 1 N–H and O–H groups in total. The van der Waals surface area contributed by atoms with E-state index in [0.29, 0.717) is 12.6 Å². The van der Waals surface area contributed by atoms with E-state index in [9.17, 15) is 9.59 Å². The smallest absolute Gasteiger partial charge is 0.242 e. The maximum atomic E-state index is 12.3. The van der Waals surface area contributed by atoms with Crippen molar-refractivity contribution in [2.45, 2.75) is 31.7 Å². The quantitative estimate of drug-likeness (QED) is 0.792. The van der Waals surface area contributed by atoms with Crippen LogP contribution in [0.15, 0.2) is 0 Å². The monoisotopic (exact) mass is 287 g/mol. The summed E-state index contributed by atoms with van der Waals surface area (Å²) in [4.78, 5) is 28.1. The Morgan fingerprint density at radius 3 is 2.37 bits per heavy atom. The summed E-state index contributed by atoms with van der Waals surface area (Å²) in [5.74, 6) is 0.470. The minimum Gasteiger partial charge on any atom is -0.336 e. The molecule has 0 atom stereocenters. The van der Waals surface area contributed by atoms with Crippen molar-refractivity contribution < 1.29 is 9.59 Å². The maximum Gasteiger partial charge on any atom is 0.242 e. The van der Waals surface area contributed by atoms with Gasteiger partial charge in [-0.15, -0.1) is 12.4 Å². The lowest BCUT2D eigenvalue weighted by Gasteiger charge is -2.36. The fraction of sp³-hybridized carbons (Fsp3) is 0.846. The Hall–Kier alpha value is -0.810. The number of carbonyl (C=O) groups is 2. The number of piperidine rings is 1. The summed E-state index contributed by atoms with van der Waals surface area (Å²) in [5, 5.41) is 3.27. The molecule has 108 valence electrons. The predicted octanol–water partition coefficient (Wildman–Crippen LogP) is 0.241. The van der Waals surface area contributed by atoms with Crippen molar-refractivity contribution in [3.05, 3.63) is 0 Å². The van der Waals surface area contributed by atoms with Crippen LogP contribution < -0.4 is 5.32 Å². The third kappa shape index (κ3) is 3.20. The molecule has 5 nitrogen and oxygen atoms in total. The molecule has 0 radical (unpaired) electrons. The highest BCUT2D eigenvalue weighted by atomic mass is 35.5. The van der Waals surface area contributed by atoms with Crippen LogP contribution in [0.1, 0.15) is 25.7 Å². The first kappa shape index (κ1) is 14.6. The number of piperazine rings is 1. The number of nitrogens with zero attached hydrogens (tertiary/aromatic N) is 2. The minimum atomic E-state index is 0. The van der Waals surface area contributed by atoms with E-state index in [4.69, 9.17) is 0 Å². The van der Waals surface area contributed by atoms with Gasteiger partial charge in [-0.2, -0.15) is 0 Å². The summed E-state index contributed by atoms with van der Waals surface area (Å²) in [6, 6.07) is 0.480. The highest BCUT2D eigenvalue weighted by Crippen LogP contribution is 2.28. The molecule has 3 fully saturated rings. The molecular formula is C13H22ClN3O2. The number of amides is 2. The van der Waals surface area contributed by atoms with Crippen molar-refractivity contribution in [2.24, 2.45) is 5.92 Å². The molecule has 2 amide bonds. The van der Waals surface area contributed by atoms with Crippen LogP contribution in [0.25, 0.3) is 0 Å². The van der Waals surface area contributed by atoms with Crippen LogP contribution in [0.4, 0.5) is 0 Å². The molecule has 1 aliphatic carbocycles. The van der Waals surface area contributed by atoms with Crippen LogP contribution >= 0.6 is 12.4 Å². The molecular weight excluding hydrogens is 266 g/mol. The van der Waals surface area contributed by atoms with Crippen molar-refractivity contribution >= 4 is 24.2 Å². The van der Waals surface area contributed by atoms with E-state index < -0.39 is 0 Å². The molecule has 0 bridgehead atoms. The zero-order valence-corrected chi connectivity index (χ0v) is 12.0. The number of hydrogen-bond donors (Lipinski definition) is 1. The lowest BCUT2D eigenvalue weighted by Crippen LogP contribution is -2.54. The van der Waals surface area contributed by atoms with Crippen LogP contribution in [0, 0.1) is 5.92 Å². The van der Waals surface area contributed by atoms with Crippen molar-refractivity contribution in [3.8, 4) is 0 Å². The van der Waals surface area contributed by atoms with Gasteiger partial charge in [0.1, 0.15) is 0 Å². The molecule has 2 saturated heterocycles. The molecule has 6 heteroatoms. The van der Waals surface area contributed by atoms with E-state index >= 15 is 0 Å². The summed E-state index contributed by atoms with van der Waals surface area (Å²) < 4.78 is 0. The molecule has 0 aromatic rings. The molecule has 0 unspecified atom stereocenters. The average molecular weight is 288 g/mol. The maximum absolute atomic E-state index is 12.3. The van der Waals surface area contributed by atoms with E-state index in [-0.39, 0.29) is 30.1 Å². The Morgan fingerprint density at radius 2 is 1.79 bits per heavy atom. The third-order valence-corrected chi connectivity index (χ3v) is 4.24. The van der Waals surface area contributed by atoms with E-state index in [1.807, 2.05) is 4.90 Å². The van der Waals surface area contributed by atoms with Crippen molar-refractivity contribution in [3.63, 3.8) is 0 Å². The number of hydrogen-bond acceptors (Lipinski definition) is 3. The topological polar surface area (TPSA) is 52.7 Å². The molecule has 3 rings (SSSR count). The van der Waals surface area contributed by atoms with Crippen molar-refractivity contribution in [1.29, 1.82) is 0 Å². The van der Waals surface area contributed by atoms with Gasteiger partial charge in [0.2, 0.25) is 11.8 Å². The summed E-state index contributed by atoms with van der Waals surface area (Å²) in [7, 11) is 0. The first-order valence-electron chi connectivity index (χ1n) is 7.04. The fourth-order valence-electron chi connectivity index (χ4n) is 2.97. The Labute approximate surface area is 120 Å². The second-order valence-electron chi connectivity index (χ2n) is 5.60. The highest BCUT2D eigenvalue weighted by Gasteiger charge is 2.38. The van der Waals surface area contributed by atoms with Gasteiger partial charge < -0.3 is 15.1 Å². The van der Waals surface area contributed by atoms with Crippen LogP contribution in [-0.4, -0.2) is 60.4 Å². The molecule has 2 heterocycles. The highest BCUT2D eigenvalue weighted by molar-refractivity contribution is 5.87. The van der Waals surface area contributed by atoms with Gasteiger partial charge in [0.25, 0.3) is 0 Å². The van der Waals surface area contributed by atoms with Gasteiger partial charge >= 0.3 is 0 Å². The van der Waals surface area contributed by atoms with E-state index in [0.717, 1.165) is 51.9 Å². The predicted molar refractivity (Wildman–Crippen MR) is 74.2 cm³/mol. The van der Waals surface area contributed by atoms with Crippen molar-refractivity contribution in [2.75, 3.05) is 32.7 Å². The Balaban J connectivity index is 0.00000133. The summed E-state index contributed by atoms with van der Waals surface area (Å²) in [5.41, 5.74) is 0. The number of rotatable bonds is 2. The summed E-state index contributed by atoms with van der Waals surface area (Å²) in [6.07, 6.45) is 4.12. The first-order valence-corrected chi connectivity index (χ1v) is 7.04. The summed E-state index contributed by atoms with van der Waals surface area (Å²) >= 11 is 0. The average Bonchev–Trinajstić information content (AvgIpc) is 3.23. The Morgan fingerprint density at radius 1 is 1.11 bits per heavy atom. The number of nitrogens with one attached hydrogen (secondary N) is 1. The molecule has 3 aliphatic rings. The van der Waals surface area contributed by atoms with Crippen LogP contribution in [0.3, 0.4) is 0 Å². The SMILES string of the molecule is Cl.O=C(C1CCNCC1)N1CCN(C2CC2)C(=O)C1. The van der Waals surface area contributed by atoms with Gasteiger partial charge in [-0.05, 0) is 38.8 Å². The van der Waals surface area contributed by atoms with Gasteiger partial charge in [0, 0.05) is 25.0 Å². The zero-order chi connectivity index (χ0) is 12.5. The Kier molecular flexibility index (Phi) is 4.68. The molecule has 2 aliphatic heterocycles. The largest absolute Gasteiger partial charge is 0.336 e. The van der Waals surface area contributed by atoms with Gasteiger partial charge in [0.15, 0.2) is 0 Å². The van der Waals surface area contributed by atoms with Crippen molar-refractivity contribution in [1.82, 2.24) is 15.1 Å². The molecule has 0 spiro atoms. The second kappa shape index (κ2) is 6.09. The standard InChI is InChI=1S/C13H21N3O2.ClH/c17-12-9-15(7-8-16(12)11-1-2-11)13(18)10-3-5-14-6-4-10;/h10-11,14H,1-9H2;1H. The first-order chi connectivity index (χ1) is 8.75. The number of carbonyl (C=O) groups excluding carboxylic acids is 2. The molecule has 0 aromatic heterocycles. The molecule has 19 heavy (non-hydrogen) atoms. The lowest BCUT2D eigenvalue weighted by molar-refractivity contribution is -0.148. The van der Waals surface area contributed by atoms with E-state index in [2.05, 4.69) is 5.32 Å². The van der Waals surface area contributed by atoms with E-state index in [1.54, 1.807) is 4.90 Å². The van der Waals surface area contributed by atoms with Gasteiger partial charge in [-0.1, -0.05) is 0 Å². The fourth-order valence-corrected chi connectivity index (χ4v) is 2.97. The lowest BCUT2D eigenvalue weighted by atomic mass is 9.96. The van der Waals surface area contributed by atoms with Gasteiger partial charge in [0.05, 0.1) is 6.54 Å². The Bertz CT molecular complexity index is 354. The minimum absolute atomic E-state index is 0. The van der Waals surface area contributed by atoms with Crippen LogP contribution in [-0.2, 0) is 9.59 Å². The summed E-state index contributed by atoms with van der Waals surface area (Å²) in [6.45, 7) is 3.61.